The van der Waals surface area contributed by atoms with Crippen LogP contribution in [0.2, 0.25) is 0 Å². The van der Waals surface area contributed by atoms with Crippen LogP contribution < -0.4 is 5.43 Å². The maximum absolute atomic E-state index is 4.32. The van der Waals surface area contributed by atoms with Crippen molar-refractivity contribution in [3.63, 3.8) is 0 Å². The lowest BCUT2D eigenvalue weighted by Gasteiger charge is -2.36. The second-order valence-corrected chi connectivity index (χ2v) is 4.57. The molecule has 0 aliphatic carbocycles. The van der Waals surface area contributed by atoms with E-state index in [0.717, 1.165) is 19.8 Å². The van der Waals surface area contributed by atoms with Gasteiger partial charge in [-0.1, -0.05) is 19.8 Å². The normalized spacial score (nSPS) is 23.3. The van der Waals surface area contributed by atoms with Crippen LogP contribution >= 0.6 is 0 Å². The molecule has 2 rings (SSSR count). The van der Waals surface area contributed by atoms with Crippen molar-refractivity contribution in [2.24, 2.45) is 5.10 Å². The van der Waals surface area contributed by atoms with Gasteiger partial charge in [-0.25, -0.2) is 0 Å². The Morgan fingerprint density at radius 3 is 3.13 bits per heavy atom. The zero-order valence-electron chi connectivity index (χ0n) is 9.87. The highest BCUT2D eigenvalue weighted by atomic mass is 15.5. The van der Waals surface area contributed by atoms with E-state index in [1.54, 1.807) is 0 Å². The number of rotatable bonds is 4. The fraction of sp³-hybridized carbons (Fsp3) is 0.909. The van der Waals surface area contributed by atoms with E-state index in [9.17, 15) is 0 Å². The monoisotopic (exact) mass is 210 g/mol. The molecule has 0 aromatic carbocycles. The first-order chi connectivity index (χ1) is 7.31. The number of amidine groups is 1. The summed E-state index contributed by atoms with van der Waals surface area (Å²) >= 11 is 0. The third-order valence-corrected chi connectivity index (χ3v) is 3.44. The van der Waals surface area contributed by atoms with Crippen molar-refractivity contribution in [2.75, 3.05) is 26.3 Å². The Labute approximate surface area is 92.3 Å². The summed E-state index contributed by atoms with van der Waals surface area (Å²) in [7, 11) is 0. The van der Waals surface area contributed by atoms with Gasteiger partial charge in [0.1, 0.15) is 12.5 Å². The molecule has 2 heterocycles. The van der Waals surface area contributed by atoms with Gasteiger partial charge in [0, 0.05) is 19.1 Å². The van der Waals surface area contributed by atoms with Crippen molar-refractivity contribution in [1.29, 1.82) is 0 Å². The molecule has 2 aliphatic rings. The van der Waals surface area contributed by atoms with Gasteiger partial charge >= 0.3 is 0 Å². The molecule has 0 aromatic rings. The molecule has 0 aromatic heterocycles. The van der Waals surface area contributed by atoms with Gasteiger partial charge in [-0.15, -0.1) is 0 Å². The van der Waals surface area contributed by atoms with Crippen LogP contribution in [0.3, 0.4) is 0 Å². The Kier molecular flexibility index (Phi) is 3.46. The van der Waals surface area contributed by atoms with E-state index in [0.29, 0.717) is 6.04 Å². The van der Waals surface area contributed by atoms with Gasteiger partial charge in [0.15, 0.2) is 0 Å². The number of unbranched alkanes of at least 4 members (excludes halogenated alkanes) is 1. The smallest absolute Gasteiger partial charge is 0.140 e. The average molecular weight is 210 g/mol. The first kappa shape index (κ1) is 10.7. The third kappa shape index (κ3) is 2.43. The van der Waals surface area contributed by atoms with Crippen LogP contribution in [0.15, 0.2) is 5.10 Å². The first-order valence-corrected chi connectivity index (χ1v) is 6.09. The number of fused-ring (bicyclic) bond motifs is 1. The van der Waals surface area contributed by atoms with Gasteiger partial charge in [-0.3, -0.25) is 10.3 Å². The summed E-state index contributed by atoms with van der Waals surface area (Å²) in [5.74, 6) is 1.23. The molecule has 1 atom stereocenters. The first-order valence-electron chi connectivity index (χ1n) is 6.09. The molecule has 1 fully saturated rings. The van der Waals surface area contributed by atoms with Crippen LogP contribution in [0.1, 0.15) is 33.1 Å². The quantitative estimate of drug-likeness (QED) is 0.752. The van der Waals surface area contributed by atoms with Crippen molar-refractivity contribution >= 4 is 5.84 Å². The molecular formula is C11H22N4. The number of hydrogen-bond acceptors (Lipinski definition) is 4. The Balaban J connectivity index is 1.83. The summed E-state index contributed by atoms with van der Waals surface area (Å²) < 4.78 is 0. The lowest BCUT2D eigenvalue weighted by atomic mass is 10.1. The third-order valence-electron chi connectivity index (χ3n) is 3.44. The molecule has 0 saturated carbocycles. The minimum atomic E-state index is 0.704. The van der Waals surface area contributed by atoms with E-state index in [1.807, 2.05) is 0 Å². The highest BCUT2D eigenvalue weighted by Gasteiger charge is 2.27. The lowest BCUT2D eigenvalue weighted by molar-refractivity contribution is 0.178. The topological polar surface area (TPSA) is 30.9 Å². The maximum atomic E-state index is 4.32. The Hall–Kier alpha value is -0.770. The van der Waals surface area contributed by atoms with Crippen molar-refractivity contribution in [3.05, 3.63) is 0 Å². The molecule has 1 saturated heterocycles. The van der Waals surface area contributed by atoms with E-state index in [2.05, 4.69) is 34.2 Å². The van der Waals surface area contributed by atoms with Gasteiger partial charge < -0.3 is 4.90 Å². The van der Waals surface area contributed by atoms with Crippen LogP contribution in [0.5, 0.6) is 0 Å². The predicted octanol–water partition coefficient (Wildman–Crippen LogP) is 1.06. The molecule has 1 unspecified atom stereocenters. The minimum Gasteiger partial charge on any atom is -0.337 e. The number of nitrogens with zero attached hydrogens (tertiary/aromatic N) is 3. The van der Waals surface area contributed by atoms with Crippen LogP contribution in [0.4, 0.5) is 0 Å². The van der Waals surface area contributed by atoms with Gasteiger partial charge in [-0.2, -0.15) is 5.10 Å². The molecule has 1 N–H and O–H groups in total. The van der Waals surface area contributed by atoms with Crippen LogP contribution in [-0.4, -0.2) is 48.0 Å². The molecule has 2 aliphatic heterocycles. The van der Waals surface area contributed by atoms with Crippen LogP contribution in [-0.2, 0) is 0 Å². The molecule has 0 radical (unpaired) electrons. The van der Waals surface area contributed by atoms with E-state index < -0.39 is 0 Å². The van der Waals surface area contributed by atoms with E-state index in [4.69, 9.17) is 0 Å². The highest BCUT2D eigenvalue weighted by Crippen LogP contribution is 2.14. The number of piperazine rings is 1. The van der Waals surface area contributed by atoms with Gasteiger partial charge in [0.05, 0.1) is 6.54 Å². The van der Waals surface area contributed by atoms with E-state index in [1.165, 1.54) is 31.6 Å². The van der Waals surface area contributed by atoms with Crippen LogP contribution in [0.25, 0.3) is 0 Å². The van der Waals surface area contributed by atoms with E-state index >= 15 is 0 Å². The molecule has 4 heteroatoms. The van der Waals surface area contributed by atoms with Crippen molar-refractivity contribution in [1.82, 2.24) is 15.2 Å². The van der Waals surface area contributed by atoms with Crippen molar-refractivity contribution in [2.45, 2.75) is 39.2 Å². The minimum absolute atomic E-state index is 0.704. The predicted molar refractivity (Wildman–Crippen MR) is 62.7 cm³/mol. The lowest BCUT2D eigenvalue weighted by Crippen LogP contribution is -2.51. The average Bonchev–Trinajstić information content (AvgIpc) is 2.72. The maximum Gasteiger partial charge on any atom is 0.140 e. The van der Waals surface area contributed by atoms with Gasteiger partial charge in [-0.05, 0) is 13.3 Å². The largest absolute Gasteiger partial charge is 0.337 e. The fourth-order valence-electron chi connectivity index (χ4n) is 2.29. The Morgan fingerprint density at radius 2 is 2.33 bits per heavy atom. The number of nitrogens with one attached hydrogen (secondary N) is 1. The van der Waals surface area contributed by atoms with Crippen molar-refractivity contribution < 1.29 is 0 Å². The second-order valence-electron chi connectivity index (χ2n) is 4.57. The fourth-order valence-corrected chi connectivity index (χ4v) is 2.29. The highest BCUT2D eigenvalue weighted by molar-refractivity contribution is 5.85. The molecule has 0 spiro atoms. The van der Waals surface area contributed by atoms with Crippen molar-refractivity contribution in [3.8, 4) is 0 Å². The molecule has 4 nitrogen and oxygen atoms in total. The zero-order chi connectivity index (χ0) is 10.7. The Morgan fingerprint density at radius 1 is 1.47 bits per heavy atom. The van der Waals surface area contributed by atoms with Crippen LogP contribution in [0, 0.1) is 0 Å². The van der Waals surface area contributed by atoms with E-state index in [-0.39, 0.29) is 0 Å². The molecule has 0 amide bonds. The number of hydrogen-bond donors (Lipinski definition) is 1. The molecule has 15 heavy (non-hydrogen) atoms. The zero-order valence-corrected chi connectivity index (χ0v) is 9.87. The van der Waals surface area contributed by atoms with Gasteiger partial charge in [0.25, 0.3) is 0 Å². The summed E-state index contributed by atoms with van der Waals surface area (Å²) in [6, 6.07) is 0.704. The Bertz CT molecular complexity index is 239. The summed E-state index contributed by atoms with van der Waals surface area (Å²) in [5, 5.41) is 4.32. The summed E-state index contributed by atoms with van der Waals surface area (Å²) in [4.78, 5) is 4.89. The molecule has 0 bridgehead atoms. The summed E-state index contributed by atoms with van der Waals surface area (Å²) in [5.41, 5.74) is 3.05. The standard InChI is InChI=1S/C11H22N4/c1-3-4-5-10(2)14-6-7-15-9-12-13-11(15)8-14/h10,12H,3-9H2,1-2H3. The second kappa shape index (κ2) is 4.84. The summed E-state index contributed by atoms with van der Waals surface area (Å²) in [6.07, 6.45) is 3.95. The van der Waals surface area contributed by atoms with Gasteiger partial charge in [0.2, 0.25) is 0 Å². The molecule has 86 valence electrons. The molecular weight excluding hydrogens is 188 g/mol. The summed E-state index contributed by atoms with van der Waals surface area (Å²) in [6.45, 7) is 8.85. The SMILES string of the molecule is CCCCC(C)N1CCN2CNN=C2C1. The number of hydrazone groups is 1.